The zero-order valence-electron chi connectivity index (χ0n) is 20.0. The summed E-state index contributed by atoms with van der Waals surface area (Å²) in [6.07, 6.45) is 4.58. The van der Waals surface area contributed by atoms with Crippen LogP contribution >= 0.6 is 0 Å². The number of fused-ring (bicyclic) bond motifs is 1. The molecule has 34 heavy (non-hydrogen) atoms. The van der Waals surface area contributed by atoms with Crippen molar-refractivity contribution in [2.75, 3.05) is 20.4 Å². The van der Waals surface area contributed by atoms with Crippen molar-refractivity contribution in [3.05, 3.63) is 58.7 Å². The van der Waals surface area contributed by atoms with Crippen LogP contribution in [-0.4, -0.2) is 47.8 Å². The highest BCUT2D eigenvalue weighted by Gasteiger charge is 2.35. The molecular weight excluding hydrogens is 430 g/mol. The summed E-state index contributed by atoms with van der Waals surface area (Å²) in [6.45, 7) is 4.37. The second-order valence-corrected chi connectivity index (χ2v) is 9.59. The van der Waals surface area contributed by atoms with E-state index in [1.165, 1.54) is 11.1 Å². The molecule has 1 aliphatic carbocycles. The summed E-state index contributed by atoms with van der Waals surface area (Å²) in [4.78, 5) is 27.8. The number of nitrogens with zero attached hydrogens (tertiary/aromatic N) is 3. The quantitative estimate of drug-likeness (QED) is 0.663. The van der Waals surface area contributed by atoms with Crippen molar-refractivity contribution in [2.24, 2.45) is 11.0 Å². The Morgan fingerprint density at radius 1 is 1.03 bits per heavy atom. The van der Waals surface area contributed by atoms with E-state index in [1.807, 2.05) is 18.2 Å². The van der Waals surface area contributed by atoms with E-state index in [1.54, 1.807) is 17.0 Å². The summed E-state index contributed by atoms with van der Waals surface area (Å²) in [6, 6.07) is 11.8. The average molecular weight is 462 g/mol. The van der Waals surface area contributed by atoms with E-state index in [0.29, 0.717) is 17.9 Å². The average Bonchev–Trinajstić information content (AvgIpc) is 3.60. The minimum Gasteiger partial charge on any atom is -0.454 e. The molecular formula is C27H31N3O4. The number of hydrogen-bond acceptors (Lipinski definition) is 5. The van der Waals surface area contributed by atoms with Crippen LogP contribution in [0.15, 0.2) is 41.5 Å². The molecule has 0 spiro atoms. The number of hydrazone groups is 1. The lowest BCUT2D eigenvalue weighted by molar-refractivity contribution is -0.142. The van der Waals surface area contributed by atoms with Crippen molar-refractivity contribution in [3.8, 4) is 11.5 Å². The van der Waals surface area contributed by atoms with Gasteiger partial charge in [-0.05, 0) is 67.1 Å². The van der Waals surface area contributed by atoms with Gasteiger partial charge in [-0.2, -0.15) is 5.10 Å². The molecule has 2 aromatic carbocycles. The van der Waals surface area contributed by atoms with E-state index in [0.717, 1.165) is 42.5 Å². The monoisotopic (exact) mass is 461 g/mol. The standard InChI is InChI=1S/C27H31N3O4/c1-17-8-9-20(12-18(17)2)22-14-23(21-10-11-24-25(13-21)34-16-33-24)30(28-22)26(31)15-29(3)27(32)19-6-4-5-7-19/h8-13,19,23H,4-7,14-16H2,1-3H3/t23-/m0/s1. The molecule has 178 valence electrons. The molecule has 7 nitrogen and oxygen atoms in total. The van der Waals surface area contributed by atoms with E-state index < -0.39 is 0 Å². The first-order chi connectivity index (χ1) is 16.4. The third-order valence-electron chi connectivity index (χ3n) is 7.24. The normalized spacial score (nSPS) is 19.4. The Hall–Kier alpha value is -3.35. The van der Waals surface area contributed by atoms with Crippen LogP contribution < -0.4 is 9.47 Å². The predicted octanol–water partition coefficient (Wildman–Crippen LogP) is 4.36. The van der Waals surface area contributed by atoms with E-state index >= 15 is 0 Å². The molecule has 2 aromatic rings. The summed E-state index contributed by atoms with van der Waals surface area (Å²) in [5.74, 6) is 1.30. The van der Waals surface area contributed by atoms with Crippen LogP contribution in [0.5, 0.6) is 11.5 Å². The van der Waals surface area contributed by atoms with Crippen molar-refractivity contribution < 1.29 is 19.1 Å². The molecule has 5 rings (SSSR count). The van der Waals surface area contributed by atoms with E-state index in [-0.39, 0.29) is 37.1 Å². The molecule has 3 aliphatic rings. The second kappa shape index (κ2) is 9.12. The Bertz CT molecular complexity index is 1150. The summed E-state index contributed by atoms with van der Waals surface area (Å²) in [5.41, 5.74) is 5.22. The third-order valence-corrected chi connectivity index (χ3v) is 7.24. The number of benzene rings is 2. The molecule has 0 N–H and O–H groups in total. The van der Waals surface area contributed by atoms with Crippen LogP contribution in [0, 0.1) is 19.8 Å². The number of likely N-dealkylation sites (N-methyl/N-ethyl adjacent to an activating group) is 1. The van der Waals surface area contributed by atoms with Crippen LogP contribution in [0.4, 0.5) is 0 Å². The molecule has 7 heteroatoms. The Morgan fingerprint density at radius 3 is 2.56 bits per heavy atom. The van der Waals surface area contributed by atoms with Gasteiger partial charge in [-0.1, -0.05) is 31.0 Å². The van der Waals surface area contributed by atoms with Gasteiger partial charge < -0.3 is 14.4 Å². The molecule has 1 atom stereocenters. The summed E-state index contributed by atoms with van der Waals surface area (Å²) in [7, 11) is 1.72. The van der Waals surface area contributed by atoms with Gasteiger partial charge in [0.1, 0.15) is 6.54 Å². The third kappa shape index (κ3) is 4.27. The zero-order valence-corrected chi connectivity index (χ0v) is 20.0. The van der Waals surface area contributed by atoms with Crippen molar-refractivity contribution in [2.45, 2.75) is 52.0 Å². The van der Waals surface area contributed by atoms with Gasteiger partial charge >= 0.3 is 0 Å². The first-order valence-corrected chi connectivity index (χ1v) is 12.0. The minimum absolute atomic E-state index is 0.0140. The Kier molecular flexibility index (Phi) is 6.02. The maximum Gasteiger partial charge on any atom is 0.262 e. The first kappa shape index (κ1) is 22.4. The lowest BCUT2D eigenvalue weighted by atomic mass is 9.96. The van der Waals surface area contributed by atoms with Crippen LogP contribution in [-0.2, 0) is 9.59 Å². The second-order valence-electron chi connectivity index (χ2n) is 9.59. The lowest BCUT2D eigenvalue weighted by Crippen LogP contribution is -2.41. The smallest absolute Gasteiger partial charge is 0.262 e. The van der Waals surface area contributed by atoms with Crippen LogP contribution in [0.25, 0.3) is 0 Å². The molecule has 0 aromatic heterocycles. The number of rotatable bonds is 5. The Balaban J connectivity index is 1.42. The maximum absolute atomic E-state index is 13.5. The van der Waals surface area contributed by atoms with Gasteiger partial charge in [0.25, 0.3) is 5.91 Å². The fourth-order valence-electron chi connectivity index (χ4n) is 5.05. The number of hydrogen-bond donors (Lipinski definition) is 0. The van der Waals surface area contributed by atoms with Gasteiger partial charge in [-0.15, -0.1) is 0 Å². The molecule has 1 fully saturated rings. The SMILES string of the molecule is Cc1ccc(C2=NN(C(=O)CN(C)C(=O)C3CCCC3)[C@H](c3ccc4c(c3)OCO4)C2)cc1C. The number of carbonyl (C=O) groups excluding carboxylic acids is 2. The number of aryl methyl sites for hydroxylation is 2. The fraction of sp³-hybridized carbons (Fsp3) is 0.444. The van der Waals surface area contributed by atoms with E-state index in [9.17, 15) is 9.59 Å². The maximum atomic E-state index is 13.5. The molecule has 0 radical (unpaired) electrons. The summed E-state index contributed by atoms with van der Waals surface area (Å²) in [5, 5.41) is 6.34. The number of amides is 2. The summed E-state index contributed by atoms with van der Waals surface area (Å²) >= 11 is 0. The van der Waals surface area contributed by atoms with Crippen LogP contribution in [0.2, 0.25) is 0 Å². The largest absolute Gasteiger partial charge is 0.454 e. The van der Waals surface area contributed by atoms with Crippen molar-refractivity contribution >= 4 is 17.5 Å². The Morgan fingerprint density at radius 2 is 1.79 bits per heavy atom. The molecule has 0 saturated heterocycles. The van der Waals surface area contributed by atoms with E-state index in [4.69, 9.17) is 14.6 Å². The topological polar surface area (TPSA) is 71.4 Å². The van der Waals surface area contributed by atoms with Gasteiger partial charge in [-0.3, -0.25) is 9.59 Å². The van der Waals surface area contributed by atoms with Crippen LogP contribution in [0.3, 0.4) is 0 Å². The highest BCUT2D eigenvalue weighted by molar-refractivity contribution is 6.03. The number of ether oxygens (including phenoxy) is 2. The molecule has 1 saturated carbocycles. The van der Waals surface area contributed by atoms with Gasteiger partial charge in [-0.25, -0.2) is 5.01 Å². The lowest BCUT2D eigenvalue weighted by Gasteiger charge is -2.26. The highest BCUT2D eigenvalue weighted by Crippen LogP contribution is 2.39. The highest BCUT2D eigenvalue weighted by atomic mass is 16.7. The van der Waals surface area contributed by atoms with Crippen molar-refractivity contribution in [1.82, 2.24) is 9.91 Å². The molecule has 0 bridgehead atoms. The first-order valence-electron chi connectivity index (χ1n) is 12.0. The van der Waals surface area contributed by atoms with Gasteiger partial charge in [0.2, 0.25) is 12.7 Å². The van der Waals surface area contributed by atoms with Gasteiger partial charge in [0, 0.05) is 19.4 Å². The Labute approximate surface area is 200 Å². The summed E-state index contributed by atoms with van der Waals surface area (Å²) < 4.78 is 11.0. The van der Waals surface area contributed by atoms with E-state index in [2.05, 4.69) is 32.0 Å². The van der Waals surface area contributed by atoms with Gasteiger partial charge in [0.05, 0.1) is 11.8 Å². The predicted molar refractivity (Wildman–Crippen MR) is 129 cm³/mol. The fourth-order valence-corrected chi connectivity index (χ4v) is 5.05. The minimum atomic E-state index is -0.270. The van der Waals surface area contributed by atoms with Crippen LogP contribution in [0.1, 0.15) is 60.4 Å². The van der Waals surface area contributed by atoms with Gasteiger partial charge in [0.15, 0.2) is 11.5 Å². The molecule has 2 amide bonds. The van der Waals surface area contributed by atoms with Crippen molar-refractivity contribution in [1.29, 1.82) is 0 Å². The number of carbonyl (C=O) groups is 2. The molecule has 2 heterocycles. The molecule has 2 aliphatic heterocycles. The zero-order chi connectivity index (χ0) is 23.8. The van der Waals surface area contributed by atoms with Crippen molar-refractivity contribution in [3.63, 3.8) is 0 Å². The molecule has 0 unspecified atom stereocenters.